The summed E-state index contributed by atoms with van der Waals surface area (Å²) in [5.41, 5.74) is 1.71. The highest BCUT2D eigenvalue weighted by atomic mass is 127. The Kier molecular flexibility index (Phi) is 7.32. The van der Waals surface area contributed by atoms with E-state index in [1.165, 1.54) is 5.56 Å². The van der Waals surface area contributed by atoms with Gasteiger partial charge in [0.05, 0.1) is 37.5 Å². The molecule has 1 aromatic rings. The number of benzene rings is 1. The average Bonchev–Trinajstić information content (AvgIpc) is 2.72. The summed E-state index contributed by atoms with van der Waals surface area (Å²) in [7, 11) is -0.295. The van der Waals surface area contributed by atoms with Crippen LogP contribution >= 0.6 is 28.5 Å². The zero-order chi connectivity index (χ0) is 16.9. The van der Waals surface area contributed by atoms with Gasteiger partial charge in [-0.25, -0.2) is 0 Å². The van der Waals surface area contributed by atoms with E-state index < -0.39 is 0 Å². The van der Waals surface area contributed by atoms with E-state index in [9.17, 15) is 0 Å². The van der Waals surface area contributed by atoms with Gasteiger partial charge in [0.2, 0.25) is 0 Å². The summed E-state index contributed by atoms with van der Waals surface area (Å²) in [4.78, 5) is 0. The van der Waals surface area contributed by atoms with Crippen molar-refractivity contribution in [3.05, 3.63) is 29.8 Å². The van der Waals surface area contributed by atoms with E-state index in [0.717, 1.165) is 11.9 Å². The summed E-state index contributed by atoms with van der Waals surface area (Å²) in [6, 6.07) is 8.40. The lowest BCUT2D eigenvalue weighted by Gasteiger charge is -2.32. The molecule has 1 aliphatic rings. The molecule has 128 valence electrons. The molecule has 1 atom stereocenters. The second kappa shape index (κ2) is 8.59. The normalized spacial score (nSPS) is 19.8. The molecule has 0 bridgehead atoms. The van der Waals surface area contributed by atoms with Crippen LogP contribution in [0.15, 0.2) is 24.3 Å². The maximum Gasteiger partial charge on any atom is 0.494 e. The van der Waals surface area contributed by atoms with E-state index in [1.807, 2.05) is 0 Å². The molecular weight excluding hydrogens is 425 g/mol. The van der Waals surface area contributed by atoms with Gasteiger partial charge in [0, 0.05) is 0 Å². The molecule has 4 nitrogen and oxygen atoms in total. The maximum atomic E-state index is 6.07. The molecule has 1 fully saturated rings. The molecule has 1 unspecified atom stereocenters. The highest BCUT2D eigenvalue weighted by Crippen LogP contribution is 2.36. The molecule has 1 aliphatic heterocycles. The van der Waals surface area contributed by atoms with Gasteiger partial charge in [-0.2, -0.15) is 0 Å². The van der Waals surface area contributed by atoms with Crippen molar-refractivity contribution < 1.29 is 18.6 Å². The molecular formula is C16H25BIO4P. The van der Waals surface area contributed by atoms with Crippen LogP contribution in [-0.4, -0.2) is 38.1 Å². The smallest absolute Gasteiger partial charge is 0.399 e. The Morgan fingerprint density at radius 1 is 1.00 bits per heavy atom. The summed E-state index contributed by atoms with van der Waals surface area (Å²) in [6.07, 6.45) is 0.899. The Bertz CT molecular complexity index is 479. The van der Waals surface area contributed by atoms with Crippen molar-refractivity contribution in [3.8, 4) is 0 Å². The highest BCUT2D eigenvalue weighted by Gasteiger charge is 2.51. The van der Waals surface area contributed by atoms with Crippen LogP contribution in [0.5, 0.6) is 0 Å². The van der Waals surface area contributed by atoms with Gasteiger partial charge in [-0.15, -0.1) is 0 Å². The summed E-state index contributed by atoms with van der Waals surface area (Å²) in [5, 5.41) is 0. The van der Waals surface area contributed by atoms with E-state index in [0.29, 0.717) is 26.3 Å². The number of hydrogen-bond donors (Lipinski definition) is 0. The number of hydrogen-bond acceptors (Lipinski definition) is 4. The van der Waals surface area contributed by atoms with Crippen LogP contribution in [0.2, 0.25) is 0 Å². The lowest BCUT2D eigenvalue weighted by atomic mass is 9.79. The highest BCUT2D eigenvalue weighted by molar-refractivity contribution is 14.2. The van der Waals surface area contributed by atoms with Crippen molar-refractivity contribution in [1.82, 2.24) is 0 Å². The Hall–Kier alpha value is 0.285. The number of halogens is 1. The van der Waals surface area contributed by atoms with Gasteiger partial charge in [-0.05, 0) is 67.2 Å². The fraction of sp³-hybridized carbons (Fsp3) is 0.625. The Labute approximate surface area is 154 Å². The average molecular weight is 450 g/mol. The van der Waals surface area contributed by atoms with Gasteiger partial charge in [0.15, 0.2) is 0 Å². The third-order valence-corrected chi connectivity index (χ3v) is 5.67. The molecule has 0 amide bonds. The molecule has 0 aromatic heterocycles. The molecule has 0 spiro atoms. The van der Waals surface area contributed by atoms with Crippen LogP contribution < -0.4 is 5.46 Å². The molecule has 1 aromatic carbocycles. The zero-order valence-electron chi connectivity index (χ0n) is 14.2. The van der Waals surface area contributed by atoms with Gasteiger partial charge in [-0.3, -0.25) is 0 Å². The fourth-order valence-corrected chi connectivity index (χ4v) is 3.07. The number of rotatable bonds is 8. The van der Waals surface area contributed by atoms with E-state index in [1.54, 1.807) is 0 Å². The van der Waals surface area contributed by atoms with Gasteiger partial charge < -0.3 is 18.6 Å². The minimum Gasteiger partial charge on any atom is -0.399 e. The summed E-state index contributed by atoms with van der Waals surface area (Å²) >= 11 is 2.21. The molecule has 0 N–H and O–H groups in total. The van der Waals surface area contributed by atoms with E-state index >= 15 is 0 Å². The summed E-state index contributed by atoms with van der Waals surface area (Å²) < 4.78 is 22.9. The van der Waals surface area contributed by atoms with Crippen molar-refractivity contribution >= 4 is 41.1 Å². The van der Waals surface area contributed by atoms with Crippen molar-refractivity contribution in [3.63, 3.8) is 0 Å². The first kappa shape index (κ1) is 19.6. The Morgan fingerprint density at radius 2 is 1.61 bits per heavy atom. The first-order chi connectivity index (χ1) is 10.9. The second-order valence-electron chi connectivity index (χ2n) is 6.62. The predicted octanol–water partition coefficient (Wildman–Crippen LogP) is 3.51. The quantitative estimate of drug-likeness (QED) is 0.263. The van der Waals surface area contributed by atoms with Crippen LogP contribution in [0.25, 0.3) is 0 Å². The first-order valence-corrected chi connectivity index (χ1v) is 11.9. The van der Waals surface area contributed by atoms with E-state index in [2.05, 4.69) is 74.0 Å². The molecule has 0 saturated carbocycles. The van der Waals surface area contributed by atoms with Crippen LogP contribution in [-0.2, 0) is 25.0 Å². The van der Waals surface area contributed by atoms with Crippen LogP contribution in [0, 0.1) is 0 Å². The third-order valence-electron chi connectivity index (χ3n) is 4.42. The zero-order valence-corrected chi connectivity index (χ0v) is 17.4. The topological polar surface area (TPSA) is 36.9 Å². The van der Waals surface area contributed by atoms with Crippen molar-refractivity contribution in [2.75, 3.05) is 19.8 Å². The number of ether oxygens (including phenoxy) is 1. The van der Waals surface area contributed by atoms with Crippen molar-refractivity contribution in [1.29, 1.82) is 0 Å². The van der Waals surface area contributed by atoms with Crippen molar-refractivity contribution in [2.24, 2.45) is 0 Å². The monoisotopic (exact) mass is 450 g/mol. The minimum absolute atomic E-state index is 0.295. The predicted molar refractivity (Wildman–Crippen MR) is 105 cm³/mol. The van der Waals surface area contributed by atoms with Gasteiger partial charge in [0.1, 0.15) is 0 Å². The van der Waals surface area contributed by atoms with Crippen molar-refractivity contribution in [2.45, 2.75) is 45.3 Å². The van der Waals surface area contributed by atoms with Crippen LogP contribution in [0.3, 0.4) is 0 Å². The fourth-order valence-electron chi connectivity index (χ4n) is 2.25. The van der Waals surface area contributed by atoms with E-state index in [4.69, 9.17) is 18.6 Å². The minimum atomic E-state index is -0.301. The van der Waals surface area contributed by atoms with Gasteiger partial charge in [0.25, 0.3) is 0 Å². The largest absolute Gasteiger partial charge is 0.494 e. The van der Waals surface area contributed by atoms with Gasteiger partial charge >= 0.3 is 7.12 Å². The lowest BCUT2D eigenvalue weighted by Crippen LogP contribution is -2.41. The van der Waals surface area contributed by atoms with Crippen LogP contribution in [0.4, 0.5) is 0 Å². The maximum absolute atomic E-state index is 6.07. The third kappa shape index (κ3) is 5.38. The van der Waals surface area contributed by atoms with Gasteiger partial charge in [-0.1, -0.05) is 24.3 Å². The molecule has 1 heterocycles. The lowest BCUT2D eigenvalue weighted by molar-refractivity contribution is 0.00578. The summed E-state index contributed by atoms with van der Waals surface area (Å²) in [6.45, 7) is 10.8. The molecule has 0 radical (unpaired) electrons. The second-order valence-corrected chi connectivity index (χ2v) is 8.38. The Morgan fingerprint density at radius 3 is 2.17 bits per heavy atom. The molecule has 23 heavy (non-hydrogen) atoms. The standard InChI is InChI=1S/C16H25BIO4P/c1-15(2)16(3,4)22-17(21-15)14-7-5-13(6-8-14)9-10-19-11-12-20-23-18/h5-8,23H,9-12H2,1-4H3. The van der Waals surface area contributed by atoms with Crippen LogP contribution in [0.1, 0.15) is 33.3 Å². The molecule has 1 saturated heterocycles. The Balaban J connectivity index is 1.81. The SMILES string of the molecule is CC1(C)OB(c2ccc(CCOCCOPI)cc2)OC1(C)C. The molecule has 0 aliphatic carbocycles. The molecule has 7 heteroatoms. The van der Waals surface area contributed by atoms with E-state index in [-0.39, 0.29) is 18.3 Å². The molecule has 2 rings (SSSR count). The first-order valence-electron chi connectivity index (χ1n) is 7.85. The summed E-state index contributed by atoms with van der Waals surface area (Å²) in [5.74, 6) is 0.